The predicted octanol–water partition coefficient (Wildman–Crippen LogP) is 4.68. The van der Waals surface area contributed by atoms with Crippen molar-refractivity contribution in [2.75, 3.05) is 0 Å². The van der Waals surface area contributed by atoms with Crippen LogP contribution in [0.3, 0.4) is 0 Å². The Bertz CT molecular complexity index is 571. The molecule has 2 aromatic rings. The average molecular weight is 332 g/mol. The molecule has 0 aliphatic heterocycles. The molecular weight excluding hydrogens is 306 g/mol. The summed E-state index contributed by atoms with van der Waals surface area (Å²) in [7, 11) is 0. The second-order valence-corrected chi connectivity index (χ2v) is 5.83. The third-order valence-corrected chi connectivity index (χ3v) is 3.82. The quantitative estimate of drug-likeness (QED) is 0.711. The summed E-state index contributed by atoms with van der Waals surface area (Å²) in [6.07, 6.45) is 2.80. The number of Topliss-reactive ketones (excluding diaryl/α,β-unsaturated/α-hetero) is 1. The van der Waals surface area contributed by atoms with Gasteiger partial charge in [-0.25, -0.2) is 0 Å². The Morgan fingerprint density at radius 3 is 2.13 bits per heavy atom. The van der Waals surface area contributed by atoms with Crippen LogP contribution in [0.15, 0.2) is 60.7 Å². The molecule has 0 fully saturated rings. The van der Waals surface area contributed by atoms with Crippen molar-refractivity contribution >= 4 is 18.2 Å². The molecule has 3 heteroatoms. The van der Waals surface area contributed by atoms with Crippen molar-refractivity contribution in [2.24, 2.45) is 0 Å². The van der Waals surface area contributed by atoms with E-state index in [0.29, 0.717) is 0 Å². The second-order valence-electron chi connectivity index (χ2n) is 5.83. The molecule has 0 saturated heterocycles. The van der Waals surface area contributed by atoms with Crippen molar-refractivity contribution in [3.05, 3.63) is 71.8 Å². The molecule has 0 bridgehead atoms. The van der Waals surface area contributed by atoms with Gasteiger partial charge in [-0.3, -0.25) is 4.79 Å². The highest BCUT2D eigenvalue weighted by atomic mass is 35.5. The lowest BCUT2D eigenvalue weighted by molar-refractivity contribution is 0.0930. The second kappa shape index (κ2) is 10.2. The maximum Gasteiger partial charge on any atom is 0.179 e. The zero-order valence-electron chi connectivity index (χ0n) is 13.9. The minimum absolute atomic E-state index is 0. The molecule has 1 N–H and O–H groups in total. The predicted molar refractivity (Wildman–Crippen MR) is 99.5 cm³/mol. The third-order valence-electron chi connectivity index (χ3n) is 3.82. The minimum Gasteiger partial charge on any atom is -0.304 e. The number of hydrogen-bond acceptors (Lipinski definition) is 2. The molecule has 0 aromatic heterocycles. The lowest BCUT2D eigenvalue weighted by Crippen LogP contribution is -2.43. The van der Waals surface area contributed by atoms with Gasteiger partial charge >= 0.3 is 0 Å². The van der Waals surface area contributed by atoms with Crippen LogP contribution in [-0.4, -0.2) is 17.9 Å². The van der Waals surface area contributed by atoms with Crippen molar-refractivity contribution in [1.82, 2.24) is 5.32 Å². The molecule has 124 valence electrons. The van der Waals surface area contributed by atoms with Crippen molar-refractivity contribution in [3.63, 3.8) is 0 Å². The molecule has 0 spiro atoms. The minimum atomic E-state index is -0.105. The van der Waals surface area contributed by atoms with E-state index in [-0.39, 0.29) is 30.3 Å². The van der Waals surface area contributed by atoms with Crippen LogP contribution >= 0.6 is 12.4 Å². The number of rotatable bonds is 8. The van der Waals surface area contributed by atoms with E-state index in [0.717, 1.165) is 24.8 Å². The van der Waals surface area contributed by atoms with E-state index < -0.39 is 0 Å². The SMILES string of the molecule is CCCC(NC(C)Cc1ccccc1)C(=O)c1ccccc1.Cl. The van der Waals surface area contributed by atoms with E-state index in [1.165, 1.54) is 5.56 Å². The summed E-state index contributed by atoms with van der Waals surface area (Å²) in [5.41, 5.74) is 2.09. The first-order valence-electron chi connectivity index (χ1n) is 8.10. The summed E-state index contributed by atoms with van der Waals surface area (Å²) >= 11 is 0. The van der Waals surface area contributed by atoms with Gasteiger partial charge in [0.2, 0.25) is 0 Å². The molecular formula is C20H26ClNO. The van der Waals surface area contributed by atoms with Crippen molar-refractivity contribution in [1.29, 1.82) is 0 Å². The summed E-state index contributed by atoms with van der Waals surface area (Å²) in [4.78, 5) is 12.7. The fourth-order valence-corrected chi connectivity index (χ4v) is 2.75. The molecule has 2 unspecified atom stereocenters. The largest absolute Gasteiger partial charge is 0.304 e. The molecule has 2 nitrogen and oxygen atoms in total. The highest BCUT2D eigenvalue weighted by Gasteiger charge is 2.20. The molecule has 0 amide bonds. The molecule has 2 rings (SSSR count). The van der Waals surface area contributed by atoms with Crippen LogP contribution in [0.1, 0.15) is 42.6 Å². The van der Waals surface area contributed by atoms with Gasteiger partial charge in [0, 0.05) is 11.6 Å². The van der Waals surface area contributed by atoms with E-state index in [2.05, 4.69) is 43.4 Å². The van der Waals surface area contributed by atoms with E-state index in [4.69, 9.17) is 0 Å². The Hall–Kier alpha value is -1.64. The van der Waals surface area contributed by atoms with Gasteiger partial charge < -0.3 is 5.32 Å². The van der Waals surface area contributed by atoms with E-state index >= 15 is 0 Å². The van der Waals surface area contributed by atoms with Gasteiger partial charge in [-0.1, -0.05) is 74.0 Å². The van der Waals surface area contributed by atoms with Crippen molar-refractivity contribution in [2.45, 2.75) is 45.2 Å². The number of ketones is 1. The Labute approximate surface area is 145 Å². The Balaban J connectivity index is 0.00000264. The monoisotopic (exact) mass is 331 g/mol. The van der Waals surface area contributed by atoms with Gasteiger partial charge in [0.05, 0.1) is 6.04 Å². The van der Waals surface area contributed by atoms with Gasteiger partial charge in [0.1, 0.15) is 0 Å². The van der Waals surface area contributed by atoms with Crippen LogP contribution in [0.4, 0.5) is 0 Å². The summed E-state index contributed by atoms with van der Waals surface area (Å²) < 4.78 is 0. The van der Waals surface area contributed by atoms with Crippen molar-refractivity contribution in [3.8, 4) is 0 Å². The van der Waals surface area contributed by atoms with Crippen LogP contribution in [0.2, 0.25) is 0 Å². The molecule has 0 saturated carbocycles. The first-order valence-corrected chi connectivity index (χ1v) is 8.10. The molecule has 0 radical (unpaired) electrons. The van der Waals surface area contributed by atoms with Gasteiger partial charge in [-0.05, 0) is 25.3 Å². The summed E-state index contributed by atoms with van der Waals surface area (Å²) in [6.45, 7) is 4.27. The molecule has 2 aromatic carbocycles. The van der Waals surface area contributed by atoms with Crippen LogP contribution in [-0.2, 0) is 6.42 Å². The first kappa shape index (κ1) is 19.4. The van der Waals surface area contributed by atoms with Crippen LogP contribution in [0.25, 0.3) is 0 Å². The highest BCUT2D eigenvalue weighted by Crippen LogP contribution is 2.10. The van der Waals surface area contributed by atoms with Gasteiger partial charge in [0.15, 0.2) is 5.78 Å². The zero-order chi connectivity index (χ0) is 15.8. The number of carbonyl (C=O) groups is 1. The molecule has 23 heavy (non-hydrogen) atoms. The fourth-order valence-electron chi connectivity index (χ4n) is 2.75. The number of benzene rings is 2. The Kier molecular flexibility index (Phi) is 8.60. The van der Waals surface area contributed by atoms with E-state index in [1.807, 2.05) is 36.4 Å². The molecule has 2 atom stereocenters. The average Bonchev–Trinajstić information content (AvgIpc) is 2.55. The summed E-state index contributed by atoms with van der Waals surface area (Å²) in [5, 5.41) is 3.52. The van der Waals surface area contributed by atoms with Gasteiger partial charge in [-0.2, -0.15) is 0 Å². The van der Waals surface area contributed by atoms with E-state index in [1.54, 1.807) is 0 Å². The highest BCUT2D eigenvalue weighted by molar-refractivity contribution is 6.00. The Morgan fingerprint density at radius 2 is 1.57 bits per heavy atom. The molecule has 0 aliphatic carbocycles. The van der Waals surface area contributed by atoms with E-state index in [9.17, 15) is 4.79 Å². The Morgan fingerprint density at radius 1 is 1.00 bits per heavy atom. The smallest absolute Gasteiger partial charge is 0.179 e. The number of hydrogen-bond donors (Lipinski definition) is 1. The normalized spacial score (nSPS) is 13.0. The molecule has 0 heterocycles. The van der Waals surface area contributed by atoms with Crippen molar-refractivity contribution < 1.29 is 4.79 Å². The summed E-state index contributed by atoms with van der Waals surface area (Å²) in [6, 6.07) is 20.1. The van der Waals surface area contributed by atoms with Crippen LogP contribution < -0.4 is 5.32 Å². The lowest BCUT2D eigenvalue weighted by atomic mass is 9.98. The maximum absolute atomic E-state index is 12.7. The zero-order valence-corrected chi connectivity index (χ0v) is 14.7. The summed E-state index contributed by atoms with van der Waals surface area (Å²) in [5.74, 6) is 0.197. The standard InChI is InChI=1S/C20H25NO.ClH/c1-3-10-19(20(22)18-13-8-5-9-14-18)21-16(2)15-17-11-6-4-7-12-17;/h4-9,11-14,16,19,21H,3,10,15H2,1-2H3;1H. The number of carbonyl (C=O) groups excluding carboxylic acids is 1. The topological polar surface area (TPSA) is 29.1 Å². The van der Waals surface area contributed by atoms with Crippen LogP contribution in [0.5, 0.6) is 0 Å². The van der Waals surface area contributed by atoms with Gasteiger partial charge in [-0.15, -0.1) is 12.4 Å². The van der Waals surface area contributed by atoms with Crippen LogP contribution in [0, 0.1) is 0 Å². The number of halogens is 1. The fraction of sp³-hybridized carbons (Fsp3) is 0.350. The third kappa shape index (κ3) is 6.17. The molecule has 0 aliphatic rings. The number of nitrogens with one attached hydrogen (secondary N) is 1. The van der Waals surface area contributed by atoms with Gasteiger partial charge in [0.25, 0.3) is 0 Å². The maximum atomic E-state index is 12.7. The lowest BCUT2D eigenvalue weighted by Gasteiger charge is -2.22. The first-order chi connectivity index (χ1) is 10.7.